The summed E-state index contributed by atoms with van der Waals surface area (Å²) in [4.78, 5) is 11.1. The number of rotatable bonds is 13. The number of methoxy groups -OCH3 is 1. The van der Waals surface area contributed by atoms with Crippen LogP contribution in [-0.2, 0) is 32.2 Å². The van der Waals surface area contributed by atoms with E-state index in [0.29, 0.717) is 26.2 Å². The quantitative estimate of drug-likeness (QED) is 0.302. The summed E-state index contributed by atoms with van der Waals surface area (Å²) in [5.74, 6) is 0.609. The predicted molar refractivity (Wildman–Crippen MR) is 103 cm³/mol. The van der Waals surface area contributed by atoms with Gasteiger partial charge < -0.3 is 23.7 Å². The van der Waals surface area contributed by atoms with Gasteiger partial charge in [0.2, 0.25) is 0 Å². The van der Waals surface area contributed by atoms with Crippen molar-refractivity contribution in [2.45, 2.75) is 32.7 Å². The minimum absolute atomic E-state index is 0.149. The molecule has 146 valence electrons. The third-order valence-corrected chi connectivity index (χ3v) is 4.25. The molecule has 0 aliphatic carbocycles. The molecule has 0 amide bonds. The van der Waals surface area contributed by atoms with Gasteiger partial charge in [-0.25, -0.2) is 0 Å². The minimum Gasteiger partial charge on any atom is -0.497 e. The van der Waals surface area contributed by atoms with Gasteiger partial charge >= 0.3 is 0 Å². The lowest BCUT2D eigenvalue weighted by atomic mass is 10.0. The van der Waals surface area contributed by atoms with Crippen molar-refractivity contribution in [3.8, 4) is 5.75 Å². The Balaban J connectivity index is 1.67. The molecular weight excluding hydrogens is 344 g/mol. The Morgan fingerprint density at radius 3 is 2.26 bits per heavy atom. The first kappa shape index (κ1) is 21.1. The van der Waals surface area contributed by atoms with E-state index < -0.39 is 0 Å². The maximum atomic E-state index is 11.1. The highest BCUT2D eigenvalue weighted by Crippen LogP contribution is 2.14. The molecule has 0 N–H and O–H groups in total. The van der Waals surface area contributed by atoms with E-state index in [-0.39, 0.29) is 18.8 Å². The fourth-order valence-corrected chi connectivity index (χ4v) is 2.57. The normalized spacial score (nSPS) is 13.1. The standard InChI is InChI=1S/C22H28O5/c1-18(14-23)22(27-17-26-16-19-6-4-3-5-7-19)12-13-25-15-20-8-10-21(24-2)11-9-20/h3-11,14,18,22H,12-13,15-17H2,1-2H3/t18-,22+/m1/s1. The van der Waals surface area contributed by atoms with Gasteiger partial charge in [-0.2, -0.15) is 0 Å². The SMILES string of the molecule is COc1ccc(COCC[C@H](OCOCc2ccccc2)[C@H](C)C=O)cc1. The molecule has 27 heavy (non-hydrogen) atoms. The lowest BCUT2D eigenvalue weighted by molar-refractivity contribution is -0.131. The molecule has 0 saturated carbocycles. The van der Waals surface area contributed by atoms with Crippen LogP contribution in [0.2, 0.25) is 0 Å². The number of benzene rings is 2. The van der Waals surface area contributed by atoms with E-state index in [2.05, 4.69) is 0 Å². The Bertz CT molecular complexity index is 642. The second-order valence-corrected chi connectivity index (χ2v) is 6.34. The molecule has 0 unspecified atom stereocenters. The topological polar surface area (TPSA) is 54.0 Å². The van der Waals surface area contributed by atoms with Crippen LogP contribution in [0.3, 0.4) is 0 Å². The van der Waals surface area contributed by atoms with Gasteiger partial charge in [0.25, 0.3) is 0 Å². The number of hydrogen-bond donors (Lipinski definition) is 0. The third kappa shape index (κ3) is 7.91. The zero-order chi connectivity index (χ0) is 19.3. The van der Waals surface area contributed by atoms with E-state index in [0.717, 1.165) is 23.2 Å². The molecule has 0 radical (unpaired) electrons. The highest BCUT2D eigenvalue weighted by Gasteiger charge is 2.17. The molecule has 0 heterocycles. The highest BCUT2D eigenvalue weighted by atomic mass is 16.7. The Hall–Kier alpha value is -2.21. The molecule has 0 aromatic heterocycles. The molecule has 5 nitrogen and oxygen atoms in total. The highest BCUT2D eigenvalue weighted by molar-refractivity contribution is 5.53. The number of aldehydes is 1. The maximum Gasteiger partial charge on any atom is 0.147 e. The van der Waals surface area contributed by atoms with Crippen LogP contribution in [0.5, 0.6) is 5.75 Å². The first-order chi connectivity index (χ1) is 13.2. The summed E-state index contributed by atoms with van der Waals surface area (Å²) in [6, 6.07) is 17.7. The van der Waals surface area contributed by atoms with Crippen molar-refractivity contribution in [3.05, 3.63) is 65.7 Å². The molecule has 5 heteroatoms. The van der Waals surface area contributed by atoms with Gasteiger partial charge in [-0.3, -0.25) is 0 Å². The summed E-state index contributed by atoms with van der Waals surface area (Å²) in [7, 11) is 1.64. The molecular formula is C22H28O5. The molecule has 2 atom stereocenters. The van der Waals surface area contributed by atoms with Crippen LogP contribution in [0.1, 0.15) is 24.5 Å². The second-order valence-electron chi connectivity index (χ2n) is 6.34. The van der Waals surface area contributed by atoms with Gasteiger partial charge in [0.15, 0.2) is 0 Å². The van der Waals surface area contributed by atoms with Crippen LogP contribution < -0.4 is 4.74 Å². The van der Waals surface area contributed by atoms with Crippen molar-refractivity contribution in [3.63, 3.8) is 0 Å². The summed E-state index contributed by atoms with van der Waals surface area (Å²) in [5.41, 5.74) is 2.16. The first-order valence-electron chi connectivity index (χ1n) is 9.12. The van der Waals surface area contributed by atoms with Crippen molar-refractivity contribution < 1.29 is 23.7 Å². The summed E-state index contributed by atoms with van der Waals surface area (Å²) in [6.07, 6.45) is 1.31. The molecule has 0 bridgehead atoms. The fourth-order valence-electron chi connectivity index (χ4n) is 2.57. The van der Waals surface area contributed by atoms with Crippen LogP contribution in [0.15, 0.2) is 54.6 Å². The fraction of sp³-hybridized carbons (Fsp3) is 0.409. The first-order valence-corrected chi connectivity index (χ1v) is 9.12. The molecule has 0 fully saturated rings. The average Bonchev–Trinajstić information content (AvgIpc) is 2.73. The van der Waals surface area contributed by atoms with Crippen LogP contribution in [0.4, 0.5) is 0 Å². The summed E-state index contributed by atoms with van der Waals surface area (Å²) < 4.78 is 22.2. The molecule has 0 aliphatic rings. The Morgan fingerprint density at radius 2 is 1.59 bits per heavy atom. The molecule has 2 aromatic rings. The largest absolute Gasteiger partial charge is 0.497 e. The van der Waals surface area contributed by atoms with Gasteiger partial charge in [0.1, 0.15) is 18.8 Å². The van der Waals surface area contributed by atoms with Crippen molar-refractivity contribution >= 4 is 6.29 Å². The number of carbonyl (C=O) groups is 1. The van der Waals surface area contributed by atoms with E-state index in [9.17, 15) is 4.79 Å². The lowest BCUT2D eigenvalue weighted by Crippen LogP contribution is -2.26. The van der Waals surface area contributed by atoms with Gasteiger partial charge in [0.05, 0.1) is 26.4 Å². The number of ether oxygens (including phenoxy) is 4. The van der Waals surface area contributed by atoms with Gasteiger partial charge in [0, 0.05) is 12.5 Å². The van der Waals surface area contributed by atoms with E-state index in [1.807, 2.05) is 61.5 Å². The van der Waals surface area contributed by atoms with Gasteiger partial charge in [-0.15, -0.1) is 0 Å². The van der Waals surface area contributed by atoms with Crippen LogP contribution in [0, 0.1) is 5.92 Å². The van der Waals surface area contributed by atoms with Crippen molar-refractivity contribution in [1.82, 2.24) is 0 Å². The predicted octanol–water partition coefficient (Wildman–Crippen LogP) is 4.00. The maximum absolute atomic E-state index is 11.1. The van der Waals surface area contributed by atoms with Gasteiger partial charge in [-0.1, -0.05) is 49.4 Å². The number of carbonyl (C=O) groups excluding carboxylic acids is 1. The van der Waals surface area contributed by atoms with E-state index in [1.165, 1.54) is 0 Å². The lowest BCUT2D eigenvalue weighted by Gasteiger charge is -2.20. The van der Waals surface area contributed by atoms with Crippen LogP contribution in [0.25, 0.3) is 0 Å². The van der Waals surface area contributed by atoms with Crippen LogP contribution >= 0.6 is 0 Å². The monoisotopic (exact) mass is 372 g/mol. The Labute approximate surface area is 161 Å². The summed E-state index contributed by atoms with van der Waals surface area (Å²) in [5, 5.41) is 0. The van der Waals surface area contributed by atoms with Gasteiger partial charge in [-0.05, 0) is 29.7 Å². The smallest absolute Gasteiger partial charge is 0.147 e. The van der Waals surface area contributed by atoms with E-state index >= 15 is 0 Å². The average molecular weight is 372 g/mol. The third-order valence-electron chi connectivity index (χ3n) is 4.25. The molecule has 2 rings (SSSR count). The second kappa shape index (κ2) is 12.2. The summed E-state index contributed by atoms with van der Waals surface area (Å²) >= 11 is 0. The molecule has 0 saturated heterocycles. The number of hydrogen-bond acceptors (Lipinski definition) is 5. The Morgan fingerprint density at radius 1 is 0.926 bits per heavy atom. The van der Waals surface area contributed by atoms with Crippen LogP contribution in [-0.4, -0.2) is 32.9 Å². The van der Waals surface area contributed by atoms with E-state index in [4.69, 9.17) is 18.9 Å². The molecule has 2 aromatic carbocycles. The zero-order valence-electron chi connectivity index (χ0n) is 16.0. The molecule has 0 aliphatic heterocycles. The molecule has 0 spiro atoms. The van der Waals surface area contributed by atoms with Crippen molar-refractivity contribution in [1.29, 1.82) is 0 Å². The Kier molecular flexibility index (Phi) is 9.55. The minimum atomic E-state index is -0.228. The zero-order valence-corrected chi connectivity index (χ0v) is 16.0. The van der Waals surface area contributed by atoms with Crippen molar-refractivity contribution in [2.75, 3.05) is 20.5 Å². The van der Waals surface area contributed by atoms with E-state index in [1.54, 1.807) is 7.11 Å². The summed E-state index contributed by atoms with van der Waals surface area (Å²) in [6.45, 7) is 3.50. The van der Waals surface area contributed by atoms with Crippen molar-refractivity contribution in [2.24, 2.45) is 5.92 Å².